The molecule has 0 amide bonds. The molecule has 1 aromatic carbocycles. The predicted molar refractivity (Wildman–Crippen MR) is 124 cm³/mol. The average Bonchev–Trinajstić information content (AvgIpc) is 3.13. The van der Waals surface area contributed by atoms with Crippen LogP contribution in [0, 0.1) is 18.3 Å². The molecular formula is C25H34ClN3O3. The van der Waals surface area contributed by atoms with Crippen molar-refractivity contribution in [1.82, 2.24) is 14.5 Å². The summed E-state index contributed by atoms with van der Waals surface area (Å²) in [6, 6.07) is 5.89. The van der Waals surface area contributed by atoms with Crippen LogP contribution in [0.2, 0.25) is 5.02 Å². The summed E-state index contributed by atoms with van der Waals surface area (Å²) in [6.07, 6.45) is 5.33. The first-order valence-corrected chi connectivity index (χ1v) is 12.1. The summed E-state index contributed by atoms with van der Waals surface area (Å²) in [4.78, 5) is 6.85. The second-order valence-electron chi connectivity index (χ2n) is 10.4. The van der Waals surface area contributed by atoms with Gasteiger partial charge in [-0.3, -0.25) is 0 Å². The van der Waals surface area contributed by atoms with E-state index in [0.717, 1.165) is 79.8 Å². The number of fused-ring (bicyclic) bond motifs is 3. The molecular weight excluding hydrogens is 426 g/mol. The smallest absolute Gasteiger partial charge is 0.126 e. The maximum atomic E-state index is 9.36. The number of ether oxygens (including phenoxy) is 2. The number of hydrogen-bond acceptors (Lipinski definition) is 5. The van der Waals surface area contributed by atoms with Crippen molar-refractivity contribution in [3.8, 4) is 5.75 Å². The fourth-order valence-corrected chi connectivity index (χ4v) is 6.02. The maximum Gasteiger partial charge on any atom is 0.126 e. The van der Waals surface area contributed by atoms with Gasteiger partial charge in [-0.25, -0.2) is 4.98 Å². The van der Waals surface area contributed by atoms with Crippen LogP contribution in [0.4, 0.5) is 0 Å². The number of aliphatic hydroxyl groups is 1. The van der Waals surface area contributed by atoms with Crippen LogP contribution in [0.5, 0.6) is 5.75 Å². The van der Waals surface area contributed by atoms with Crippen LogP contribution < -0.4 is 4.74 Å². The van der Waals surface area contributed by atoms with Crippen molar-refractivity contribution in [1.29, 1.82) is 0 Å². The first kappa shape index (κ1) is 22.2. The summed E-state index contributed by atoms with van der Waals surface area (Å²) < 4.78 is 15.2. The first-order chi connectivity index (χ1) is 15.3. The highest BCUT2D eigenvalue weighted by atomic mass is 35.5. The zero-order valence-electron chi connectivity index (χ0n) is 19.3. The minimum atomic E-state index is -0.264. The molecule has 1 spiro atoms. The number of likely N-dealkylation sites (tertiary alicyclic amines) is 1. The standard InChI is InChI=1S/C25H34ClN3O3/c1-17-21(14-30)27-16-29(17)11-10-28-8-6-25(7-9-28)13-20-23(31-15-25)19-12-18(26)4-5-22(19)32-24(20,2)3/h4-5,12,16,20,23,30H,6-11,13-15H2,1-3H3/t20-,23+/m0/s1. The fraction of sp³-hybridized carbons (Fsp3) is 0.640. The second-order valence-corrected chi connectivity index (χ2v) is 10.8. The molecule has 6 nitrogen and oxygen atoms in total. The van der Waals surface area contributed by atoms with Gasteiger partial charge in [-0.2, -0.15) is 0 Å². The lowest BCUT2D eigenvalue weighted by molar-refractivity contribution is -0.174. The van der Waals surface area contributed by atoms with E-state index in [4.69, 9.17) is 21.1 Å². The number of rotatable bonds is 4. The number of piperidine rings is 1. The third-order valence-electron chi connectivity index (χ3n) is 8.06. The summed E-state index contributed by atoms with van der Waals surface area (Å²) in [5.74, 6) is 1.23. The van der Waals surface area contributed by atoms with Crippen molar-refractivity contribution < 1.29 is 14.6 Å². The van der Waals surface area contributed by atoms with E-state index in [-0.39, 0.29) is 23.7 Å². The largest absolute Gasteiger partial charge is 0.487 e. The number of benzene rings is 1. The Labute approximate surface area is 195 Å². The molecule has 2 aromatic rings. The van der Waals surface area contributed by atoms with Crippen LogP contribution >= 0.6 is 11.6 Å². The topological polar surface area (TPSA) is 59.8 Å². The molecule has 0 bridgehead atoms. The van der Waals surface area contributed by atoms with Gasteiger partial charge in [0.1, 0.15) is 11.4 Å². The number of nitrogens with zero attached hydrogens (tertiary/aromatic N) is 3. The Hall–Kier alpha value is -1.60. The summed E-state index contributed by atoms with van der Waals surface area (Å²) in [5, 5.41) is 10.1. The zero-order valence-corrected chi connectivity index (χ0v) is 20.1. The Kier molecular flexibility index (Phi) is 5.77. The molecule has 2 saturated heterocycles. The van der Waals surface area contributed by atoms with Gasteiger partial charge in [0.25, 0.3) is 0 Å². The van der Waals surface area contributed by atoms with Gasteiger partial charge in [0, 0.05) is 35.3 Å². The molecule has 7 heteroatoms. The number of halogens is 1. The molecule has 32 heavy (non-hydrogen) atoms. The Bertz CT molecular complexity index is 981. The van der Waals surface area contributed by atoms with Crippen LogP contribution in [0.1, 0.15) is 56.2 Å². The SMILES string of the molecule is Cc1c(CO)ncn1CCN1CCC2(CC1)CO[C@@H]1c3cc(Cl)ccc3OC(C)(C)[C@H]1C2. The zero-order chi connectivity index (χ0) is 22.5. The van der Waals surface area contributed by atoms with Crippen molar-refractivity contribution in [2.75, 3.05) is 26.2 Å². The van der Waals surface area contributed by atoms with Gasteiger partial charge in [-0.05, 0) is 76.7 Å². The molecule has 3 aliphatic rings. The Morgan fingerprint density at radius 3 is 2.72 bits per heavy atom. The van der Waals surface area contributed by atoms with Crippen LogP contribution in [-0.2, 0) is 17.9 Å². The highest BCUT2D eigenvalue weighted by molar-refractivity contribution is 6.30. The minimum Gasteiger partial charge on any atom is -0.487 e. The molecule has 2 fully saturated rings. The molecule has 2 atom stereocenters. The predicted octanol–water partition coefficient (Wildman–Crippen LogP) is 4.37. The quantitative estimate of drug-likeness (QED) is 0.735. The summed E-state index contributed by atoms with van der Waals surface area (Å²) in [5.41, 5.74) is 2.90. The molecule has 4 heterocycles. The van der Waals surface area contributed by atoms with Crippen molar-refractivity contribution in [2.45, 2.75) is 64.9 Å². The third kappa shape index (κ3) is 3.96. The molecule has 0 aliphatic carbocycles. The van der Waals surface area contributed by atoms with Gasteiger partial charge in [-0.1, -0.05) is 11.6 Å². The minimum absolute atomic E-state index is 0.00394. The van der Waals surface area contributed by atoms with Gasteiger partial charge in [-0.15, -0.1) is 0 Å². The van der Waals surface area contributed by atoms with Gasteiger partial charge >= 0.3 is 0 Å². The lowest BCUT2D eigenvalue weighted by Crippen LogP contribution is -2.54. The van der Waals surface area contributed by atoms with Crippen molar-refractivity contribution in [3.63, 3.8) is 0 Å². The fourth-order valence-electron chi connectivity index (χ4n) is 5.84. The molecule has 0 unspecified atom stereocenters. The van der Waals surface area contributed by atoms with E-state index in [9.17, 15) is 5.11 Å². The number of imidazole rings is 1. The van der Waals surface area contributed by atoms with E-state index < -0.39 is 0 Å². The lowest BCUT2D eigenvalue weighted by Gasteiger charge is -2.54. The van der Waals surface area contributed by atoms with Crippen molar-refractivity contribution >= 4 is 11.6 Å². The molecule has 5 rings (SSSR count). The molecule has 0 radical (unpaired) electrons. The molecule has 0 saturated carbocycles. The number of hydrogen-bond donors (Lipinski definition) is 1. The Morgan fingerprint density at radius 1 is 1.22 bits per heavy atom. The van der Waals surface area contributed by atoms with E-state index >= 15 is 0 Å². The highest BCUT2D eigenvalue weighted by Crippen LogP contribution is 2.55. The van der Waals surface area contributed by atoms with Crippen LogP contribution in [0.3, 0.4) is 0 Å². The van der Waals surface area contributed by atoms with Gasteiger partial charge < -0.3 is 24.0 Å². The molecule has 3 aliphatic heterocycles. The molecule has 1 N–H and O–H groups in total. The normalized spacial score (nSPS) is 26.4. The van der Waals surface area contributed by atoms with Crippen LogP contribution in [0.25, 0.3) is 0 Å². The highest BCUT2D eigenvalue weighted by Gasteiger charge is 2.52. The van der Waals surface area contributed by atoms with Crippen LogP contribution in [-0.4, -0.2) is 51.4 Å². The van der Waals surface area contributed by atoms with Crippen molar-refractivity contribution in [3.05, 3.63) is 46.5 Å². The lowest BCUT2D eigenvalue weighted by atomic mass is 9.64. The Balaban J connectivity index is 1.23. The summed E-state index contributed by atoms with van der Waals surface area (Å²) in [7, 11) is 0. The first-order valence-electron chi connectivity index (χ1n) is 11.7. The summed E-state index contributed by atoms with van der Waals surface area (Å²) >= 11 is 6.30. The van der Waals surface area contributed by atoms with Gasteiger partial charge in [0.2, 0.25) is 0 Å². The summed E-state index contributed by atoms with van der Waals surface area (Å²) in [6.45, 7) is 11.3. The Morgan fingerprint density at radius 2 is 2.00 bits per heavy atom. The average molecular weight is 460 g/mol. The second kappa shape index (κ2) is 8.32. The van der Waals surface area contributed by atoms with E-state index in [2.05, 4.69) is 28.3 Å². The third-order valence-corrected chi connectivity index (χ3v) is 8.29. The van der Waals surface area contributed by atoms with E-state index in [0.29, 0.717) is 5.92 Å². The van der Waals surface area contributed by atoms with E-state index in [1.54, 1.807) is 0 Å². The van der Waals surface area contributed by atoms with Crippen LogP contribution in [0.15, 0.2) is 24.5 Å². The monoisotopic (exact) mass is 459 g/mol. The van der Waals surface area contributed by atoms with Gasteiger partial charge in [0.05, 0.1) is 31.3 Å². The van der Waals surface area contributed by atoms with E-state index in [1.165, 1.54) is 0 Å². The molecule has 174 valence electrons. The van der Waals surface area contributed by atoms with Gasteiger partial charge in [0.15, 0.2) is 0 Å². The van der Waals surface area contributed by atoms with Crippen molar-refractivity contribution in [2.24, 2.45) is 11.3 Å². The van der Waals surface area contributed by atoms with E-state index in [1.807, 2.05) is 31.5 Å². The number of aromatic nitrogens is 2. The number of aliphatic hydroxyl groups excluding tert-OH is 1. The molecule has 1 aromatic heterocycles. The maximum absolute atomic E-state index is 9.36.